The van der Waals surface area contributed by atoms with Gasteiger partial charge in [0.25, 0.3) is 0 Å². The van der Waals surface area contributed by atoms with Crippen LogP contribution in [0.5, 0.6) is 0 Å². The zero-order valence-electron chi connectivity index (χ0n) is 12.3. The summed E-state index contributed by atoms with van der Waals surface area (Å²) in [5.41, 5.74) is 3.14. The lowest BCUT2D eigenvalue weighted by molar-refractivity contribution is 0.297. The number of benzene rings is 1. The van der Waals surface area contributed by atoms with Gasteiger partial charge in [-0.3, -0.25) is 0 Å². The number of hydrogen-bond donors (Lipinski definition) is 2. The highest BCUT2D eigenvalue weighted by Crippen LogP contribution is 2.36. The summed E-state index contributed by atoms with van der Waals surface area (Å²) < 4.78 is 0. The van der Waals surface area contributed by atoms with Gasteiger partial charge in [0.05, 0.1) is 0 Å². The van der Waals surface area contributed by atoms with Gasteiger partial charge in [0.1, 0.15) is 0 Å². The molecule has 2 heteroatoms. The normalized spacial score (nSPS) is 36.4. The van der Waals surface area contributed by atoms with Gasteiger partial charge in [-0.05, 0) is 62.1 Å². The largest absolute Gasteiger partial charge is 0.314 e. The maximum Gasteiger partial charge on any atom is 0.0328 e. The highest BCUT2D eigenvalue weighted by atomic mass is 15.0. The molecule has 2 N–H and O–H groups in total. The molecule has 4 rings (SSSR count). The Labute approximate surface area is 122 Å². The van der Waals surface area contributed by atoms with Crippen molar-refractivity contribution < 1.29 is 0 Å². The number of hydrogen-bond acceptors (Lipinski definition) is 2. The van der Waals surface area contributed by atoms with E-state index in [1.165, 1.54) is 51.5 Å². The zero-order chi connectivity index (χ0) is 13.4. The number of aryl methyl sites for hydroxylation is 1. The predicted molar refractivity (Wildman–Crippen MR) is 82.8 cm³/mol. The van der Waals surface area contributed by atoms with Gasteiger partial charge in [-0.1, -0.05) is 30.7 Å². The van der Waals surface area contributed by atoms with Crippen LogP contribution >= 0.6 is 0 Å². The van der Waals surface area contributed by atoms with Crippen LogP contribution < -0.4 is 10.6 Å². The molecule has 108 valence electrons. The molecule has 0 aromatic heterocycles. The van der Waals surface area contributed by atoms with E-state index in [0.29, 0.717) is 6.04 Å². The smallest absolute Gasteiger partial charge is 0.0328 e. The average Bonchev–Trinajstić information content (AvgIpc) is 3.19. The summed E-state index contributed by atoms with van der Waals surface area (Å²) in [6, 6.07) is 11.1. The topological polar surface area (TPSA) is 24.1 Å². The average molecular weight is 270 g/mol. The molecule has 1 heterocycles. The molecule has 1 aliphatic heterocycles. The summed E-state index contributed by atoms with van der Waals surface area (Å²) in [6.45, 7) is 1.24. The fourth-order valence-corrected chi connectivity index (χ4v) is 4.74. The Morgan fingerprint density at radius 3 is 2.85 bits per heavy atom. The van der Waals surface area contributed by atoms with E-state index in [4.69, 9.17) is 0 Å². The third-order valence-corrected chi connectivity index (χ3v) is 5.73. The van der Waals surface area contributed by atoms with Crippen LogP contribution in [0.3, 0.4) is 0 Å². The maximum atomic E-state index is 4.02. The molecular formula is C18H26N2. The highest BCUT2D eigenvalue weighted by molar-refractivity contribution is 5.34. The van der Waals surface area contributed by atoms with Crippen LogP contribution in [0.2, 0.25) is 0 Å². The number of rotatable bonds is 3. The van der Waals surface area contributed by atoms with E-state index in [-0.39, 0.29) is 0 Å². The van der Waals surface area contributed by atoms with Gasteiger partial charge in [0.2, 0.25) is 0 Å². The summed E-state index contributed by atoms with van der Waals surface area (Å²) in [6.07, 6.45) is 9.53. The summed E-state index contributed by atoms with van der Waals surface area (Å²) in [4.78, 5) is 0. The highest BCUT2D eigenvalue weighted by Gasteiger charge is 2.36. The molecule has 0 amide bonds. The summed E-state index contributed by atoms with van der Waals surface area (Å²) in [5, 5.41) is 7.75. The fraction of sp³-hybridized carbons (Fsp3) is 0.667. The van der Waals surface area contributed by atoms with Crippen molar-refractivity contribution in [1.82, 2.24) is 10.6 Å². The van der Waals surface area contributed by atoms with Crippen molar-refractivity contribution in [2.45, 2.75) is 63.1 Å². The second-order valence-electron chi connectivity index (χ2n) is 6.86. The quantitative estimate of drug-likeness (QED) is 0.881. The first-order valence-corrected chi connectivity index (χ1v) is 8.49. The van der Waals surface area contributed by atoms with Crippen molar-refractivity contribution >= 4 is 0 Å². The summed E-state index contributed by atoms with van der Waals surface area (Å²) in [5.74, 6) is 0.866. The molecule has 2 aliphatic carbocycles. The Balaban J connectivity index is 1.46. The van der Waals surface area contributed by atoms with Crippen LogP contribution in [0.4, 0.5) is 0 Å². The molecule has 3 aliphatic rings. The first-order chi connectivity index (χ1) is 9.92. The van der Waals surface area contributed by atoms with Gasteiger partial charge in [0.15, 0.2) is 0 Å². The van der Waals surface area contributed by atoms with Gasteiger partial charge < -0.3 is 10.6 Å². The van der Waals surface area contributed by atoms with E-state index in [1.807, 2.05) is 0 Å². The van der Waals surface area contributed by atoms with E-state index in [0.717, 1.165) is 18.0 Å². The third kappa shape index (κ3) is 2.29. The van der Waals surface area contributed by atoms with Crippen LogP contribution in [0, 0.1) is 5.92 Å². The first-order valence-electron chi connectivity index (χ1n) is 8.49. The van der Waals surface area contributed by atoms with Crippen LogP contribution in [0.25, 0.3) is 0 Å². The molecule has 2 fully saturated rings. The van der Waals surface area contributed by atoms with E-state index in [2.05, 4.69) is 34.9 Å². The molecule has 4 atom stereocenters. The lowest BCUT2D eigenvalue weighted by Gasteiger charge is -2.29. The van der Waals surface area contributed by atoms with Gasteiger partial charge in [-0.25, -0.2) is 0 Å². The van der Waals surface area contributed by atoms with Crippen molar-refractivity contribution in [3.8, 4) is 0 Å². The SMILES string of the molecule is c1ccc2c(c1)CCC2NC1CCCC1C1CCCN1. The van der Waals surface area contributed by atoms with Crippen molar-refractivity contribution in [3.05, 3.63) is 35.4 Å². The van der Waals surface area contributed by atoms with Gasteiger partial charge >= 0.3 is 0 Å². The fourth-order valence-electron chi connectivity index (χ4n) is 4.74. The predicted octanol–water partition coefficient (Wildman–Crippen LogP) is 3.18. The van der Waals surface area contributed by atoms with Crippen LogP contribution in [0.15, 0.2) is 24.3 Å². The van der Waals surface area contributed by atoms with Crippen LogP contribution in [-0.2, 0) is 6.42 Å². The minimum Gasteiger partial charge on any atom is -0.314 e. The van der Waals surface area contributed by atoms with Gasteiger partial charge in [-0.15, -0.1) is 0 Å². The molecule has 2 nitrogen and oxygen atoms in total. The van der Waals surface area contributed by atoms with E-state index < -0.39 is 0 Å². The number of fused-ring (bicyclic) bond motifs is 1. The molecular weight excluding hydrogens is 244 g/mol. The molecule has 0 radical (unpaired) electrons. The Hall–Kier alpha value is -0.860. The Morgan fingerprint density at radius 1 is 1.00 bits per heavy atom. The Kier molecular flexibility index (Phi) is 3.53. The van der Waals surface area contributed by atoms with Crippen LogP contribution in [0.1, 0.15) is 55.7 Å². The summed E-state index contributed by atoms with van der Waals surface area (Å²) in [7, 11) is 0. The van der Waals surface area contributed by atoms with Gasteiger partial charge in [-0.2, -0.15) is 0 Å². The Bertz CT molecular complexity index is 464. The summed E-state index contributed by atoms with van der Waals surface area (Å²) >= 11 is 0. The van der Waals surface area contributed by atoms with E-state index in [9.17, 15) is 0 Å². The van der Waals surface area contributed by atoms with Crippen molar-refractivity contribution in [3.63, 3.8) is 0 Å². The molecule has 1 saturated carbocycles. The van der Waals surface area contributed by atoms with E-state index >= 15 is 0 Å². The maximum absolute atomic E-state index is 4.02. The minimum absolute atomic E-state index is 0.609. The molecule has 0 bridgehead atoms. The molecule has 1 aromatic rings. The van der Waals surface area contributed by atoms with Crippen molar-refractivity contribution in [1.29, 1.82) is 0 Å². The standard InChI is InChI=1S/C18H26N2/c1-2-6-14-13(5-1)10-11-18(14)20-17-8-3-7-15(17)16-9-4-12-19-16/h1-2,5-6,15-20H,3-4,7-12H2. The lowest BCUT2D eigenvalue weighted by Crippen LogP contribution is -2.43. The molecule has 0 spiro atoms. The third-order valence-electron chi connectivity index (χ3n) is 5.73. The minimum atomic E-state index is 0.609. The molecule has 4 unspecified atom stereocenters. The van der Waals surface area contributed by atoms with E-state index in [1.54, 1.807) is 11.1 Å². The number of nitrogens with one attached hydrogen (secondary N) is 2. The van der Waals surface area contributed by atoms with Gasteiger partial charge in [0, 0.05) is 18.1 Å². The van der Waals surface area contributed by atoms with Crippen molar-refractivity contribution in [2.24, 2.45) is 5.92 Å². The monoisotopic (exact) mass is 270 g/mol. The lowest BCUT2D eigenvalue weighted by atomic mass is 9.92. The molecule has 1 saturated heterocycles. The first kappa shape index (κ1) is 12.8. The second kappa shape index (κ2) is 5.50. The van der Waals surface area contributed by atoms with Crippen LogP contribution in [-0.4, -0.2) is 18.6 Å². The molecule has 20 heavy (non-hydrogen) atoms. The van der Waals surface area contributed by atoms with Crippen molar-refractivity contribution in [2.75, 3.05) is 6.54 Å². The molecule has 1 aromatic carbocycles. The zero-order valence-corrected chi connectivity index (χ0v) is 12.3. The second-order valence-corrected chi connectivity index (χ2v) is 6.86. The Morgan fingerprint density at radius 2 is 1.95 bits per heavy atom.